The average molecular weight is 257 g/mol. The molecule has 0 radical (unpaired) electrons. The van der Waals surface area contributed by atoms with Gasteiger partial charge in [-0.2, -0.15) is 0 Å². The summed E-state index contributed by atoms with van der Waals surface area (Å²) in [6.07, 6.45) is 0.472. The molecule has 0 fully saturated rings. The van der Waals surface area contributed by atoms with Crippen LogP contribution in [0.1, 0.15) is 12.8 Å². The Morgan fingerprint density at radius 3 is 2.68 bits per heavy atom. The number of aldehydes is 1. The van der Waals surface area contributed by atoms with E-state index >= 15 is 0 Å². The van der Waals surface area contributed by atoms with Crippen molar-refractivity contribution in [1.29, 1.82) is 0 Å². The highest BCUT2D eigenvalue weighted by atomic mass is 16.5. The molecular weight excluding hydrogens is 242 g/mol. The van der Waals surface area contributed by atoms with E-state index in [2.05, 4.69) is 0 Å². The van der Waals surface area contributed by atoms with Gasteiger partial charge in [0.25, 0.3) is 0 Å². The summed E-state index contributed by atoms with van der Waals surface area (Å²) < 4.78 is 5.65. The molecule has 4 heteroatoms. The Kier molecular flexibility index (Phi) is 4.13. The third kappa shape index (κ3) is 3.31. The molecule has 0 heterocycles. The number of hydrogen-bond donors (Lipinski definition) is 1. The maximum atomic E-state index is 11.0. The molecule has 98 valence electrons. The molecule has 19 heavy (non-hydrogen) atoms. The number of ether oxygens (including phenoxy) is 1. The number of amides is 1. The second-order valence-corrected chi connectivity index (χ2v) is 4.27. The molecule has 1 atom stereocenters. The van der Waals surface area contributed by atoms with Gasteiger partial charge in [-0.3, -0.25) is 9.59 Å². The highest BCUT2D eigenvalue weighted by Crippen LogP contribution is 2.26. The van der Waals surface area contributed by atoms with E-state index in [1.54, 1.807) is 0 Å². The van der Waals surface area contributed by atoms with Crippen LogP contribution in [0.4, 0.5) is 0 Å². The molecule has 0 aliphatic heterocycles. The van der Waals surface area contributed by atoms with Gasteiger partial charge in [0.2, 0.25) is 5.91 Å². The predicted octanol–water partition coefficient (Wildman–Crippen LogP) is 2.05. The van der Waals surface area contributed by atoms with Crippen LogP contribution in [-0.4, -0.2) is 18.3 Å². The maximum absolute atomic E-state index is 11.0. The third-order valence-electron chi connectivity index (χ3n) is 2.86. The fraction of sp³-hybridized carbons (Fsp3) is 0.200. The van der Waals surface area contributed by atoms with Crippen LogP contribution in [0.15, 0.2) is 42.5 Å². The van der Waals surface area contributed by atoms with Gasteiger partial charge in [0.1, 0.15) is 5.75 Å². The molecule has 0 bridgehead atoms. The van der Waals surface area contributed by atoms with Gasteiger partial charge in [0.05, 0.1) is 0 Å². The van der Waals surface area contributed by atoms with Crippen molar-refractivity contribution < 1.29 is 14.3 Å². The Morgan fingerprint density at radius 2 is 1.95 bits per heavy atom. The summed E-state index contributed by atoms with van der Waals surface area (Å²) >= 11 is 0. The highest BCUT2D eigenvalue weighted by Gasteiger charge is 2.12. The molecule has 1 amide bonds. The van der Waals surface area contributed by atoms with Gasteiger partial charge in [-0.05, 0) is 17.9 Å². The smallest absolute Gasteiger partial charge is 0.217 e. The van der Waals surface area contributed by atoms with Gasteiger partial charge in [-0.1, -0.05) is 36.4 Å². The summed E-state index contributed by atoms with van der Waals surface area (Å²) in [5, 5.41) is 1.98. The molecule has 0 aromatic heterocycles. The summed E-state index contributed by atoms with van der Waals surface area (Å²) in [5.74, 6) is 0.202. The van der Waals surface area contributed by atoms with E-state index in [4.69, 9.17) is 10.5 Å². The van der Waals surface area contributed by atoms with E-state index in [0.717, 1.165) is 10.8 Å². The Labute approximate surface area is 111 Å². The van der Waals surface area contributed by atoms with E-state index in [-0.39, 0.29) is 6.42 Å². The number of carbonyl (C=O) groups is 2. The zero-order valence-corrected chi connectivity index (χ0v) is 10.4. The molecule has 0 aliphatic carbocycles. The predicted molar refractivity (Wildman–Crippen MR) is 72.9 cm³/mol. The van der Waals surface area contributed by atoms with Gasteiger partial charge < -0.3 is 10.5 Å². The largest absolute Gasteiger partial charge is 0.482 e. The quantitative estimate of drug-likeness (QED) is 0.805. The van der Waals surface area contributed by atoms with E-state index in [9.17, 15) is 9.59 Å². The number of fused-ring (bicyclic) bond motifs is 1. The number of rotatable bonds is 6. The minimum atomic E-state index is -0.654. The van der Waals surface area contributed by atoms with Crippen molar-refractivity contribution >= 4 is 23.0 Å². The zero-order valence-electron chi connectivity index (χ0n) is 10.4. The van der Waals surface area contributed by atoms with E-state index in [1.165, 1.54) is 0 Å². The van der Waals surface area contributed by atoms with Gasteiger partial charge in [-0.25, -0.2) is 0 Å². The molecule has 0 saturated heterocycles. The minimum Gasteiger partial charge on any atom is -0.482 e. The molecule has 0 saturated carbocycles. The van der Waals surface area contributed by atoms with Crippen LogP contribution in [0.5, 0.6) is 5.75 Å². The van der Waals surface area contributed by atoms with E-state index < -0.39 is 12.0 Å². The SMILES string of the molecule is NC(=O)CCC(C=O)Oc1cccc2ccccc12. The van der Waals surface area contributed by atoms with Gasteiger partial charge in [0.15, 0.2) is 12.4 Å². The van der Waals surface area contributed by atoms with Crippen LogP contribution >= 0.6 is 0 Å². The summed E-state index contributed by atoms with van der Waals surface area (Å²) in [6, 6.07) is 13.4. The summed E-state index contributed by atoms with van der Waals surface area (Å²) in [5.41, 5.74) is 5.07. The van der Waals surface area contributed by atoms with Gasteiger partial charge >= 0.3 is 0 Å². The second kappa shape index (κ2) is 6.00. The Bertz CT molecular complexity index is 589. The van der Waals surface area contributed by atoms with Crippen LogP contribution in [0.3, 0.4) is 0 Å². The highest BCUT2D eigenvalue weighted by molar-refractivity contribution is 5.88. The van der Waals surface area contributed by atoms with Crippen LogP contribution in [0.25, 0.3) is 10.8 Å². The lowest BCUT2D eigenvalue weighted by molar-refractivity contribution is -0.119. The van der Waals surface area contributed by atoms with Crippen molar-refractivity contribution in [2.24, 2.45) is 5.73 Å². The first-order valence-corrected chi connectivity index (χ1v) is 6.08. The normalized spacial score (nSPS) is 12.0. The van der Waals surface area contributed by atoms with Crippen molar-refractivity contribution in [2.45, 2.75) is 18.9 Å². The average Bonchev–Trinajstić information content (AvgIpc) is 2.43. The number of carbonyl (C=O) groups excluding carboxylic acids is 2. The minimum absolute atomic E-state index is 0.133. The molecule has 4 nitrogen and oxygen atoms in total. The van der Waals surface area contributed by atoms with Crippen molar-refractivity contribution in [3.63, 3.8) is 0 Å². The van der Waals surface area contributed by atoms with Crippen molar-refractivity contribution in [3.8, 4) is 5.75 Å². The molecular formula is C15H15NO3. The Hall–Kier alpha value is -2.36. The number of benzene rings is 2. The van der Waals surface area contributed by atoms with Crippen molar-refractivity contribution in [2.75, 3.05) is 0 Å². The first-order valence-electron chi connectivity index (χ1n) is 6.08. The first-order chi connectivity index (χ1) is 9.20. The van der Waals surface area contributed by atoms with Gasteiger partial charge in [0, 0.05) is 11.8 Å². The molecule has 1 unspecified atom stereocenters. The first kappa shape index (κ1) is 13.1. The standard InChI is InChI=1S/C15H15NO3/c16-15(18)9-8-12(10-17)19-14-7-3-5-11-4-1-2-6-13(11)14/h1-7,10,12H,8-9H2,(H2,16,18). The Balaban J connectivity index is 2.19. The number of nitrogens with two attached hydrogens (primary N) is 1. The lowest BCUT2D eigenvalue weighted by atomic mass is 10.1. The number of hydrogen-bond acceptors (Lipinski definition) is 3. The molecule has 2 aromatic rings. The molecule has 0 aliphatic rings. The van der Waals surface area contributed by atoms with E-state index in [1.807, 2.05) is 42.5 Å². The van der Waals surface area contributed by atoms with Crippen molar-refractivity contribution in [1.82, 2.24) is 0 Å². The summed E-state index contributed by atoms with van der Waals surface area (Å²) in [6.45, 7) is 0. The lowest BCUT2D eigenvalue weighted by Crippen LogP contribution is -2.21. The number of primary amides is 1. The zero-order chi connectivity index (χ0) is 13.7. The van der Waals surface area contributed by atoms with Crippen LogP contribution in [-0.2, 0) is 9.59 Å². The fourth-order valence-corrected chi connectivity index (χ4v) is 1.90. The van der Waals surface area contributed by atoms with Crippen LogP contribution in [0, 0.1) is 0 Å². The summed E-state index contributed by atoms with van der Waals surface area (Å²) in [7, 11) is 0. The molecule has 0 spiro atoms. The fourth-order valence-electron chi connectivity index (χ4n) is 1.90. The summed E-state index contributed by atoms with van der Waals surface area (Å²) in [4.78, 5) is 21.7. The maximum Gasteiger partial charge on any atom is 0.217 e. The topological polar surface area (TPSA) is 69.4 Å². The van der Waals surface area contributed by atoms with Crippen LogP contribution in [0.2, 0.25) is 0 Å². The second-order valence-electron chi connectivity index (χ2n) is 4.27. The van der Waals surface area contributed by atoms with Gasteiger partial charge in [-0.15, -0.1) is 0 Å². The molecule has 2 rings (SSSR count). The van der Waals surface area contributed by atoms with Crippen molar-refractivity contribution in [3.05, 3.63) is 42.5 Å². The Morgan fingerprint density at radius 1 is 1.21 bits per heavy atom. The molecule has 2 aromatic carbocycles. The third-order valence-corrected chi connectivity index (χ3v) is 2.86. The van der Waals surface area contributed by atoms with Crippen LogP contribution < -0.4 is 10.5 Å². The lowest BCUT2D eigenvalue weighted by Gasteiger charge is -2.14. The molecule has 2 N–H and O–H groups in total. The van der Waals surface area contributed by atoms with E-state index in [0.29, 0.717) is 18.5 Å². The monoisotopic (exact) mass is 257 g/mol.